The highest BCUT2D eigenvalue weighted by molar-refractivity contribution is 5.98. The van der Waals surface area contributed by atoms with E-state index in [0.29, 0.717) is 24.4 Å². The normalized spacial score (nSPS) is 16.7. The quantitative estimate of drug-likeness (QED) is 0.562. The van der Waals surface area contributed by atoms with Crippen molar-refractivity contribution in [2.45, 2.75) is 25.7 Å². The van der Waals surface area contributed by atoms with E-state index in [1.54, 1.807) is 6.92 Å². The molecule has 1 aliphatic rings. The molecule has 0 radical (unpaired) electrons. The first-order chi connectivity index (χ1) is 13.4. The number of oxime groups is 1. The molecule has 0 spiro atoms. The van der Waals surface area contributed by atoms with Crippen LogP contribution in [0, 0.1) is 0 Å². The van der Waals surface area contributed by atoms with Crippen LogP contribution in [0.1, 0.15) is 23.6 Å². The summed E-state index contributed by atoms with van der Waals surface area (Å²) in [7, 11) is 0. The molecule has 1 unspecified atom stereocenters. The Morgan fingerprint density at radius 1 is 1.14 bits per heavy atom. The van der Waals surface area contributed by atoms with E-state index in [-0.39, 0.29) is 12.6 Å². The molecule has 2 aromatic carbocycles. The fraction of sp³-hybridized carbons (Fsp3) is 0.316. The van der Waals surface area contributed by atoms with E-state index in [4.69, 9.17) is 9.57 Å². The summed E-state index contributed by atoms with van der Waals surface area (Å²) < 4.78 is 43.3. The van der Waals surface area contributed by atoms with Gasteiger partial charge in [-0.3, -0.25) is 5.43 Å². The Kier molecular flexibility index (Phi) is 6.13. The molecule has 1 aliphatic heterocycles. The minimum atomic E-state index is -4.34. The molecule has 6 nitrogen and oxygen atoms in total. The van der Waals surface area contributed by atoms with Gasteiger partial charge in [0.15, 0.2) is 0 Å². The minimum Gasteiger partial charge on any atom is -0.491 e. The van der Waals surface area contributed by atoms with Crippen LogP contribution < -0.4 is 10.2 Å². The van der Waals surface area contributed by atoms with Gasteiger partial charge >= 0.3 is 6.18 Å². The first-order valence-corrected chi connectivity index (χ1v) is 8.60. The maximum atomic E-state index is 12.5. The number of benzene rings is 2. The van der Waals surface area contributed by atoms with Crippen LogP contribution in [0.2, 0.25) is 0 Å². The molecule has 0 saturated heterocycles. The molecule has 2 aromatic rings. The van der Waals surface area contributed by atoms with Gasteiger partial charge in [-0.05, 0) is 54.4 Å². The highest BCUT2D eigenvalue weighted by atomic mass is 19.4. The first kappa shape index (κ1) is 19.7. The number of hydrogen-bond donors (Lipinski definition) is 1. The Morgan fingerprint density at radius 3 is 2.46 bits per heavy atom. The standard InChI is InChI=1S/C19H19F3N4O2/c1-13(25-28-11-14-2-6-16(7-3-14)19(20,21)22)15-4-8-18(9-5-15)27-12-17-10-23-26-24-17/h2-9,17H,10-12H2,1H3,(H,23,24). The number of halogens is 3. The Morgan fingerprint density at radius 2 is 1.86 bits per heavy atom. The van der Waals surface area contributed by atoms with E-state index in [0.717, 1.165) is 23.4 Å². The van der Waals surface area contributed by atoms with Gasteiger partial charge in [0.2, 0.25) is 0 Å². The fourth-order valence-corrected chi connectivity index (χ4v) is 2.43. The second-order valence-corrected chi connectivity index (χ2v) is 6.23. The molecule has 0 fully saturated rings. The van der Waals surface area contributed by atoms with Gasteiger partial charge in [0, 0.05) is 0 Å². The van der Waals surface area contributed by atoms with E-state index in [1.807, 2.05) is 24.3 Å². The fourth-order valence-electron chi connectivity index (χ4n) is 2.43. The molecule has 0 aliphatic carbocycles. The SMILES string of the molecule is CC(=NOCc1ccc(C(F)(F)F)cc1)c1ccc(OCC2CN=NN2)cc1. The largest absolute Gasteiger partial charge is 0.491 e. The van der Waals surface area contributed by atoms with E-state index in [2.05, 4.69) is 20.9 Å². The maximum absolute atomic E-state index is 12.5. The van der Waals surface area contributed by atoms with E-state index in [1.165, 1.54) is 12.1 Å². The predicted octanol–water partition coefficient (Wildman–Crippen LogP) is 4.36. The second-order valence-electron chi connectivity index (χ2n) is 6.23. The molecule has 0 bridgehead atoms. The Balaban J connectivity index is 1.49. The van der Waals surface area contributed by atoms with E-state index < -0.39 is 11.7 Å². The number of hydrogen-bond acceptors (Lipinski definition) is 6. The third kappa shape index (κ3) is 5.45. The van der Waals surface area contributed by atoms with Gasteiger partial charge in [-0.1, -0.05) is 22.5 Å². The Labute approximate surface area is 160 Å². The molecule has 9 heteroatoms. The zero-order valence-electron chi connectivity index (χ0n) is 15.1. The van der Waals surface area contributed by atoms with Crippen molar-refractivity contribution >= 4 is 5.71 Å². The van der Waals surface area contributed by atoms with Crippen LogP contribution in [-0.2, 0) is 17.6 Å². The summed E-state index contributed by atoms with van der Waals surface area (Å²) in [5.74, 6) is 0.718. The van der Waals surface area contributed by atoms with Crippen molar-refractivity contribution < 1.29 is 22.7 Å². The number of nitrogens with zero attached hydrogens (tertiary/aromatic N) is 3. The van der Waals surface area contributed by atoms with Gasteiger partial charge in [-0.25, -0.2) is 0 Å². The molecule has 1 atom stereocenters. The maximum Gasteiger partial charge on any atom is 0.416 e. The lowest BCUT2D eigenvalue weighted by Gasteiger charge is -2.11. The van der Waals surface area contributed by atoms with Gasteiger partial charge < -0.3 is 9.57 Å². The van der Waals surface area contributed by atoms with Gasteiger partial charge in [-0.2, -0.15) is 18.3 Å². The van der Waals surface area contributed by atoms with Crippen molar-refractivity contribution in [1.82, 2.24) is 5.43 Å². The molecule has 1 heterocycles. The third-order valence-corrected chi connectivity index (χ3v) is 4.05. The van der Waals surface area contributed by atoms with Crippen molar-refractivity contribution in [2.24, 2.45) is 15.5 Å². The van der Waals surface area contributed by atoms with Crippen LogP contribution in [-0.4, -0.2) is 24.9 Å². The van der Waals surface area contributed by atoms with E-state index in [9.17, 15) is 13.2 Å². The average molecular weight is 392 g/mol. The molecule has 0 aromatic heterocycles. The lowest BCUT2D eigenvalue weighted by molar-refractivity contribution is -0.137. The summed E-state index contributed by atoms with van der Waals surface area (Å²) in [6.45, 7) is 2.94. The number of nitrogens with one attached hydrogen (secondary N) is 1. The third-order valence-electron chi connectivity index (χ3n) is 4.05. The van der Waals surface area contributed by atoms with Crippen LogP contribution >= 0.6 is 0 Å². The van der Waals surface area contributed by atoms with Crippen molar-refractivity contribution in [3.8, 4) is 5.75 Å². The number of ether oxygens (including phenoxy) is 1. The topological polar surface area (TPSA) is 67.6 Å². The van der Waals surface area contributed by atoms with Crippen LogP contribution in [0.3, 0.4) is 0 Å². The first-order valence-electron chi connectivity index (χ1n) is 8.60. The van der Waals surface area contributed by atoms with Gasteiger partial charge in [0.25, 0.3) is 0 Å². The minimum absolute atomic E-state index is 0.0845. The molecule has 0 saturated carbocycles. The van der Waals surface area contributed by atoms with Gasteiger partial charge in [0.05, 0.1) is 17.8 Å². The highest BCUT2D eigenvalue weighted by Crippen LogP contribution is 2.29. The van der Waals surface area contributed by atoms with Crippen molar-refractivity contribution in [3.05, 3.63) is 65.2 Å². The van der Waals surface area contributed by atoms with Crippen molar-refractivity contribution in [3.63, 3.8) is 0 Å². The molecule has 0 amide bonds. The number of rotatable bonds is 7. The molecule has 148 valence electrons. The van der Waals surface area contributed by atoms with Crippen molar-refractivity contribution in [1.29, 1.82) is 0 Å². The molecule has 3 rings (SSSR count). The Bertz CT molecular complexity index is 826. The lowest BCUT2D eigenvalue weighted by atomic mass is 10.1. The zero-order valence-corrected chi connectivity index (χ0v) is 15.1. The molecular weight excluding hydrogens is 373 g/mol. The summed E-state index contributed by atoms with van der Waals surface area (Å²) in [6, 6.07) is 12.2. The zero-order chi connectivity index (χ0) is 20.0. The molecular formula is C19H19F3N4O2. The highest BCUT2D eigenvalue weighted by Gasteiger charge is 2.29. The summed E-state index contributed by atoms with van der Waals surface area (Å²) in [5, 5.41) is 11.5. The number of alkyl halides is 3. The lowest BCUT2D eigenvalue weighted by Crippen LogP contribution is -2.29. The average Bonchev–Trinajstić information content (AvgIpc) is 3.20. The predicted molar refractivity (Wildman–Crippen MR) is 97.0 cm³/mol. The van der Waals surface area contributed by atoms with Gasteiger partial charge in [-0.15, -0.1) is 0 Å². The summed E-state index contributed by atoms with van der Waals surface area (Å²) in [6.07, 6.45) is -4.34. The van der Waals surface area contributed by atoms with Crippen LogP contribution in [0.25, 0.3) is 0 Å². The van der Waals surface area contributed by atoms with Crippen LogP contribution in [0.4, 0.5) is 13.2 Å². The van der Waals surface area contributed by atoms with Gasteiger partial charge in [0.1, 0.15) is 25.0 Å². The molecule has 1 N–H and O–H groups in total. The van der Waals surface area contributed by atoms with Crippen LogP contribution in [0.5, 0.6) is 5.75 Å². The van der Waals surface area contributed by atoms with E-state index >= 15 is 0 Å². The van der Waals surface area contributed by atoms with Crippen molar-refractivity contribution in [2.75, 3.05) is 13.2 Å². The monoisotopic (exact) mass is 392 g/mol. The summed E-state index contributed by atoms with van der Waals surface area (Å²) in [5.41, 5.74) is 4.26. The second kappa shape index (κ2) is 8.73. The Hall–Kier alpha value is -3.10. The molecule has 28 heavy (non-hydrogen) atoms. The van der Waals surface area contributed by atoms with Crippen LogP contribution in [0.15, 0.2) is 64.0 Å². The summed E-state index contributed by atoms with van der Waals surface area (Å²) in [4.78, 5) is 5.25. The summed E-state index contributed by atoms with van der Waals surface area (Å²) >= 11 is 0. The smallest absolute Gasteiger partial charge is 0.416 e.